The van der Waals surface area contributed by atoms with Gasteiger partial charge in [0.15, 0.2) is 0 Å². The third kappa shape index (κ3) is 1.70. The third-order valence-electron chi connectivity index (χ3n) is 3.99. The zero-order chi connectivity index (χ0) is 12.7. The topological polar surface area (TPSA) is 15.8 Å². The zero-order valence-electron chi connectivity index (χ0n) is 10.7. The van der Waals surface area contributed by atoms with Crippen LogP contribution in [0.5, 0.6) is 0 Å². The number of H-pyrrole nitrogens is 1. The number of allylic oxidation sites excluding steroid dienone is 2. The highest BCUT2D eigenvalue weighted by Crippen LogP contribution is 2.31. The predicted octanol–water partition coefficient (Wildman–Crippen LogP) is 4.35. The molecule has 0 saturated heterocycles. The molecule has 1 aromatic heterocycles. The first-order chi connectivity index (χ1) is 9.42. The van der Waals surface area contributed by atoms with Gasteiger partial charge in [-0.05, 0) is 41.2 Å². The van der Waals surface area contributed by atoms with Crippen LogP contribution >= 0.6 is 0 Å². The van der Waals surface area contributed by atoms with Gasteiger partial charge in [-0.1, -0.05) is 48.5 Å². The highest BCUT2D eigenvalue weighted by molar-refractivity contribution is 5.86. The summed E-state index contributed by atoms with van der Waals surface area (Å²) in [4.78, 5) is 3.36. The summed E-state index contributed by atoms with van der Waals surface area (Å²) < 4.78 is 0. The summed E-state index contributed by atoms with van der Waals surface area (Å²) in [7, 11) is 0. The van der Waals surface area contributed by atoms with E-state index >= 15 is 0 Å². The lowest BCUT2D eigenvalue weighted by atomic mass is 9.99. The second-order valence-corrected chi connectivity index (χ2v) is 5.13. The average molecular weight is 245 g/mol. The molecule has 1 nitrogen and oxygen atoms in total. The van der Waals surface area contributed by atoms with Gasteiger partial charge in [0.1, 0.15) is 0 Å². The molecule has 0 aliphatic heterocycles. The lowest BCUT2D eigenvalue weighted by molar-refractivity contribution is 1.30. The Hall–Kier alpha value is -2.28. The molecule has 1 aliphatic carbocycles. The highest BCUT2D eigenvalue weighted by Gasteiger charge is 2.14. The molecule has 0 radical (unpaired) electrons. The smallest absolute Gasteiger partial charge is 0.0456 e. The maximum atomic E-state index is 3.36. The molecule has 0 amide bonds. The average Bonchev–Trinajstić information content (AvgIpc) is 3.05. The molecule has 0 saturated carbocycles. The van der Waals surface area contributed by atoms with E-state index in [-0.39, 0.29) is 0 Å². The Morgan fingerprint density at radius 1 is 0.947 bits per heavy atom. The Labute approximate surface area is 112 Å². The van der Waals surface area contributed by atoms with Crippen molar-refractivity contribution in [1.82, 2.24) is 4.98 Å². The summed E-state index contributed by atoms with van der Waals surface area (Å²) in [5, 5.41) is 1.34. The van der Waals surface area contributed by atoms with Gasteiger partial charge in [-0.3, -0.25) is 0 Å². The Bertz CT molecular complexity index is 777. The van der Waals surface area contributed by atoms with Crippen LogP contribution < -0.4 is 0 Å². The first-order valence-electron chi connectivity index (χ1n) is 6.74. The van der Waals surface area contributed by atoms with Gasteiger partial charge in [-0.25, -0.2) is 0 Å². The largest absolute Gasteiger partial charge is 0.361 e. The van der Waals surface area contributed by atoms with E-state index in [0.29, 0.717) is 0 Å². The van der Waals surface area contributed by atoms with E-state index < -0.39 is 0 Å². The Morgan fingerprint density at radius 2 is 1.79 bits per heavy atom. The maximum Gasteiger partial charge on any atom is 0.0456 e. The van der Waals surface area contributed by atoms with Crippen LogP contribution in [0.1, 0.15) is 16.7 Å². The summed E-state index contributed by atoms with van der Waals surface area (Å²) >= 11 is 0. The number of fused-ring (bicyclic) bond motifs is 2. The molecule has 1 N–H and O–H groups in total. The van der Waals surface area contributed by atoms with Crippen LogP contribution in [-0.2, 0) is 12.8 Å². The number of para-hydroxylation sites is 1. The SMILES string of the molecule is C1=C(Cc2c[nH]c3ccccc23)c2ccccc2C1. The molecule has 1 heteroatoms. The minimum atomic E-state index is 1.01. The van der Waals surface area contributed by atoms with Crippen LogP contribution in [0.15, 0.2) is 60.8 Å². The fourth-order valence-electron chi connectivity index (χ4n) is 3.01. The van der Waals surface area contributed by atoms with Gasteiger partial charge >= 0.3 is 0 Å². The number of aromatic nitrogens is 1. The number of rotatable bonds is 2. The molecule has 4 rings (SSSR count). The molecule has 19 heavy (non-hydrogen) atoms. The monoisotopic (exact) mass is 245 g/mol. The van der Waals surface area contributed by atoms with Gasteiger partial charge in [0, 0.05) is 17.1 Å². The number of aromatic amines is 1. The lowest BCUT2D eigenvalue weighted by Gasteiger charge is -2.05. The van der Waals surface area contributed by atoms with Crippen molar-refractivity contribution in [2.24, 2.45) is 0 Å². The van der Waals surface area contributed by atoms with Crippen LogP contribution in [0.3, 0.4) is 0 Å². The van der Waals surface area contributed by atoms with Crippen LogP contribution in [-0.4, -0.2) is 4.98 Å². The Kier molecular flexibility index (Phi) is 2.31. The molecule has 92 valence electrons. The quantitative estimate of drug-likeness (QED) is 0.691. The molecular weight excluding hydrogens is 230 g/mol. The van der Waals surface area contributed by atoms with Crippen molar-refractivity contribution < 1.29 is 0 Å². The van der Waals surface area contributed by atoms with Crippen molar-refractivity contribution in [2.75, 3.05) is 0 Å². The van der Waals surface area contributed by atoms with Gasteiger partial charge in [0.2, 0.25) is 0 Å². The van der Waals surface area contributed by atoms with Crippen molar-refractivity contribution in [3.63, 3.8) is 0 Å². The molecule has 0 unspecified atom stereocenters. The van der Waals surface area contributed by atoms with Crippen molar-refractivity contribution >= 4 is 16.5 Å². The first-order valence-corrected chi connectivity index (χ1v) is 6.74. The molecule has 0 bridgehead atoms. The second-order valence-electron chi connectivity index (χ2n) is 5.13. The van der Waals surface area contributed by atoms with Gasteiger partial charge in [0.25, 0.3) is 0 Å². The Morgan fingerprint density at radius 3 is 2.79 bits per heavy atom. The summed E-state index contributed by atoms with van der Waals surface area (Å²) in [5.74, 6) is 0. The second kappa shape index (κ2) is 4.13. The molecule has 0 fully saturated rings. The van der Waals surface area contributed by atoms with Crippen LogP contribution in [0, 0.1) is 0 Å². The van der Waals surface area contributed by atoms with Gasteiger partial charge in [-0.15, -0.1) is 0 Å². The Balaban J connectivity index is 1.73. The number of hydrogen-bond acceptors (Lipinski definition) is 0. The fraction of sp³-hybridized carbons (Fsp3) is 0.111. The van der Waals surface area contributed by atoms with Crippen molar-refractivity contribution in [3.8, 4) is 0 Å². The molecular formula is C18H15N. The maximum absolute atomic E-state index is 3.36. The van der Waals surface area contributed by atoms with E-state index in [1.807, 2.05) is 0 Å². The molecule has 1 aliphatic rings. The normalized spacial score (nSPS) is 13.6. The summed E-state index contributed by atoms with van der Waals surface area (Å²) in [6.45, 7) is 0. The van der Waals surface area contributed by atoms with Crippen LogP contribution in [0.4, 0.5) is 0 Å². The molecule has 3 aromatic rings. The van der Waals surface area contributed by atoms with Crippen LogP contribution in [0.2, 0.25) is 0 Å². The predicted molar refractivity (Wildman–Crippen MR) is 80.1 cm³/mol. The van der Waals surface area contributed by atoms with E-state index in [4.69, 9.17) is 0 Å². The summed E-state index contributed by atoms with van der Waals surface area (Å²) in [6, 6.07) is 17.2. The van der Waals surface area contributed by atoms with Gasteiger partial charge < -0.3 is 4.98 Å². The number of nitrogens with one attached hydrogen (secondary N) is 1. The molecule has 0 atom stereocenters. The standard InChI is InChI=1S/C18H15N/c1-2-6-16-13(5-1)9-10-14(16)11-15-12-19-18-8-4-3-7-17(15)18/h1-8,10,12,19H,9,11H2. The van der Waals surface area contributed by atoms with E-state index in [1.165, 1.54) is 33.2 Å². The summed E-state index contributed by atoms with van der Waals surface area (Å²) in [6.07, 6.45) is 6.60. The third-order valence-corrected chi connectivity index (χ3v) is 3.99. The lowest BCUT2D eigenvalue weighted by Crippen LogP contribution is -1.88. The minimum Gasteiger partial charge on any atom is -0.361 e. The number of hydrogen-bond donors (Lipinski definition) is 1. The van der Waals surface area contributed by atoms with E-state index in [1.54, 1.807) is 0 Å². The minimum absolute atomic E-state index is 1.01. The van der Waals surface area contributed by atoms with Gasteiger partial charge in [-0.2, -0.15) is 0 Å². The van der Waals surface area contributed by atoms with Crippen LogP contribution in [0.25, 0.3) is 16.5 Å². The first kappa shape index (κ1) is 10.6. The highest BCUT2D eigenvalue weighted by atomic mass is 14.7. The summed E-state index contributed by atoms with van der Waals surface area (Å²) in [5.41, 5.74) is 6.95. The van der Waals surface area contributed by atoms with E-state index in [2.05, 4.69) is 65.8 Å². The fourth-order valence-corrected chi connectivity index (χ4v) is 3.01. The van der Waals surface area contributed by atoms with Crippen molar-refractivity contribution in [3.05, 3.63) is 77.5 Å². The van der Waals surface area contributed by atoms with Crippen molar-refractivity contribution in [2.45, 2.75) is 12.8 Å². The van der Waals surface area contributed by atoms with Crippen molar-refractivity contribution in [1.29, 1.82) is 0 Å². The molecule has 1 heterocycles. The zero-order valence-corrected chi connectivity index (χ0v) is 10.7. The number of benzene rings is 2. The van der Waals surface area contributed by atoms with Gasteiger partial charge in [0.05, 0.1) is 0 Å². The molecule has 0 spiro atoms. The molecule has 2 aromatic carbocycles. The van der Waals surface area contributed by atoms with E-state index in [0.717, 1.165) is 12.8 Å². The van der Waals surface area contributed by atoms with E-state index in [9.17, 15) is 0 Å².